The van der Waals surface area contributed by atoms with E-state index in [1.165, 1.54) is 6.33 Å². The van der Waals surface area contributed by atoms with Crippen LogP contribution < -0.4 is 10.2 Å². The molecule has 1 saturated heterocycles. The van der Waals surface area contributed by atoms with E-state index in [9.17, 15) is 14.9 Å². The number of nitrogens with one attached hydrogen (secondary N) is 1. The molecule has 27 heavy (non-hydrogen) atoms. The lowest BCUT2D eigenvalue weighted by atomic mass is 9.97. The van der Waals surface area contributed by atoms with E-state index < -0.39 is 16.8 Å². The van der Waals surface area contributed by atoms with Gasteiger partial charge in [0.1, 0.15) is 6.33 Å². The van der Waals surface area contributed by atoms with Crippen LogP contribution in [0.25, 0.3) is 0 Å². The summed E-state index contributed by atoms with van der Waals surface area (Å²) in [6.07, 6.45) is 2.09. The number of carboxylic acid groups (broad SMARTS) is 1. The molecule has 0 spiro atoms. The van der Waals surface area contributed by atoms with Crippen molar-refractivity contribution in [1.29, 1.82) is 0 Å². The Morgan fingerprint density at radius 1 is 1.37 bits per heavy atom. The van der Waals surface area contributed by atoms with Gasteiger partial charge in [0.25, 0.3) is 0 Å². The largest absolute Gasteiger partial charge is 0.481 e. The molecule has 1 aliphatic rings. The first-order chi connectivity index (χ1) is 12.9. The van der Waals surface area contributed by atoms with Crippen LogP contribution in [0.3, 0.4) is 0 Å². The van der Waals surface area contributed by atoms with Gasteiger partial charge in [-0.1, -0.05) is 11.6 Å². The fraction of sp³-hybridized carbons (Fsp3) is 0.353. The van der Waals surface area contributed by atoms with Crippen molar-refractivity contribution in [2.24, 2.45) is 5.92 Å². The van der Waals surface area contributed by atoms with Crippen molar-refractivity contribution in [3.05, 3.63) is 45.2 Å². The Balaban J connectivity index is 1.91. The van der Waals surface area contributed by atoms with Crippen LogP contribution in [0.2, 0.25) is 5.02 Å². The molecule has 0 unspecified atom stereocenters. The summed E-state index contributed by atoms with van der Waals surface area (Å²) >= 11 is 5.95. The van der Waals surface area contributed by atoms with E-state index in [2.05, 4.69) is 15.3 Å². The van der Waals surface area contributed by atoms with Crippen molar-refractivity contribution in [2.45, 2.75) is 19.8 Å². The summed E-state index contributed by atoms with van der Waals surface area (Å²) in [7, 11) is 0. The molecule has 3 rings (SSSR count). The third-order valence-corrected chi connectivity index (χ3v) is 4.81. The van der Waals surface area contributed by atoms with E-state index in [4.69, 9.17) is 16.7 Å². The maximum absolute atomic E-state index is 11.7. The third kappa shape index (κ3) is 4.08. The Hall–Kier alpha value is -2.94. The second-order valence-corrected chi connectivity index (χ2v) is 6.77. The molecule has 0 amide bonds. The molecule has 2 N–H and O–H groups in total. The second kappa shape index (κ2) is 7.75. The van der Waals surface area contributed by atoms with Gasteiger partial charge in [0.15, 0.2) is 0 Å². The molecule has 2 aromatic rings. The Morgan fingerprint density at radius 2 is 2.07 bits per heavy atom. The van der Waals surface area contributed by atoms with Crippen LogP contribution in [-0.4, -0.2) is 39.1 Å². The van der Waals surface area contributed by atoms with E-state index in [-0.39, 0.29) is 17.3 Å². The van der Waals surface area contributed by atoms with Gasteiger partial charge in [-0.05, 0) is 43.5 Å². The Labute approximate surface area is 160 Å². The van der Waals surface area contributed by atoms with Crippen molar-refractivity contribution in [1.82, 2.24) is 9.97 Å². The number of hydrogen-bond donors (Lipinski definition) is 2. The zero-order valence-corrected chi connectivity index (χ0v) is 15.3. The van der Waals surface area contributed by atoms with Gasteiger partial charge in [0, 0.05) is 23.8 Å². The van der Waals surface area contributed by atoms with Crippen LogP contribution in [0.4, 0.5) is 23.0 Å². The van der Waals surface area contributed by atoms with Gasteiger partial charge in [-0.2, -0.15) is 0 Å². The molecule has 0 saturated carbocycles. The average Bonchev–Trinajstić information content (AvgIpc) is 2.63. The lowest BCUT2D eigenvalue weighted by molar-refractivity contribution is -0.383. The maximum atomic E-state index is 11.7. The van der Waals surface area contributed by atoms with Crippen LogP contribution in [0, 0.1) is 23.0 Å². The lowest BCUT2D eigenvalue weighted by Gasteiger charge is -2.30. The van der Waals surface area contributed by atoms with E-state index in [0.717, 1.165) is 5.56 Å². The summed E-state index contributed by atoms with van der Waals surface area (Å²) in [6.45, 7) is 2.60. The number of halogens is 1. The van der Waals surface area contributed by atoms with Crippen molar-refractivity contribution in [3.63, 3.8) is 0 Å². The number of nitrogens with zero attached hydrogens (tertiary/aromatic N) is 4. The molecule has 0 aliphatic carbocycles. The summed E-state index contributed by atoms with van der Waals surface area (Å²) in [4.78, 5) is 32.2. The van der Waals surface area contributed by atoms with Gasteiger partial charge in [0.2, 0.25) is 11.6 Å². The zero-order valence-electron chi connectivity index (χ0n) is 14.6. The van der Waals surface area contributed by atoms with E-state index >= 15 is 0 Å². The highest BCUT2D eigenvalue weighted by atomic mass is 35.5. The highest BCUT2D eigenvalue weighted by molar-refractivity contribution is 6.30. The van der Waals surface area contributed by atoms with Crippen molar-refractivity contribution < 1.29 is 14.8 Å². The van der Waals surface area contributed by atoms with E-state index in [1.54, 1.807) is 23.1 Å². The molecule has 0 radical (unpaired) electrons. The summed E-state index contributed by atoms with van der Waals surface area (Å²) < 4.78 is 0. The maximum Gasteiger partial charge on any atom is 0.353 e. The highest BCUT2D eigenvalue weighted by Gasteiger charge is 2.31. The summed E-state index contributed by atoms with van der Waals surface area (Å²) in [5, 5.41) is 24.4. The van der Waals surface area contributed by atoms with E-state index in [1.807, 2.05) is 6.92 Å². The smallest absolute Gasteiger partial charge is 0.353 e. The SMILES string of the molecule is Cc1cc(Cl)ccc1Nc1ncnc(N2CCC(C(=O)O)CC2)c1[N+](=O)[O-]. The molecule has 1 aromatic heterocycles. The third-order valence-electron chi connectivity index (χ3n) is 4.57. The number of anilines is 3. The first kappa shape index (κ1) is 18.8. The van der Waals surface area contributed by atoms with Crippen molar-refractivity contribution in [2.75, 3.05) is 23.3 Å². The summed E-state index contributed by atoms with van der Waals surface area (Å²) in [6, 6.07) is 5.15. The second-order valence-electron chi connectivity index (χ2n) is 6.34. The number of carboxylic acids is 1. The van der Waals surface area contributed by atoms with E-state index in [0.29, 0.717) is 36.6 Å². The first-order valence-corrected chi connectivity index (χ1v) is 8.75. The zero-order chi connectivity index (χ0) is 19.6. The van der Waals surface area contributed by atoms with Gasteiger partial charge in [-0.3, -0.25) is 14.9 Å². The number of carbonyl (C=O) groups is 1. The molecule has 1 aromatic carbocycles. The number of aromatic nitrogens is 2. The number of aryl methyl sites for hydroxylation is 1. The molecule has 1 fully saturated rings. The van der Waals surface area contributed by atoms with Crippen LogP contribution in [0.5, 0.6) is 0 Å². The molecule has 2 heterocycles. The number of nitro groups is 1. The number of hydrogen-bond acceptors (Lipinski definition) is 7. The molecule has 0 bridgehead atoms. The normalized spacial score (nSPS) is 14.8. The topological polar surface area (TPSA) is 121 Å². The summed E-state index contributed by atoms with van der Waals surface area (Å²) in [5.74, 6) is -1.01. The standard InChI is InChI=1S/C17H18ClN5O4/c1-10-8-12(18)2-3-13(10)21-15-14(23(26)27)16(20-9-19-15)22-6-4-11(5-7-22)17(24)25/h2-3,8-9,11H,4-7H2,1H3,(H,24,25)(H,19,20,21). The molecular formula is C17H18ClN5O4. The monoisotopic (exact) mass is 391 g/mol. The predicted octanol–water partition coefficient (Wildman–Crippen LogP) is 3.39. The fourth-order valence-electron chi connectivity index (χ4n) is 3.09. The average molecular weight is 392 g/mol. The molecule has 10 heteroatoms. The van der Waals surface area contributed by atoms with Crippen LogP contribution >= 0.6 is 11.6 Å². The lowest BCUT2D eigenvalue weighted by Crippen LogP contribution is -2.37. The molecule has 1 aliphatic heterocycles. The Morgan fingerprint density at radius 3 is 2.67 bits per heavy atom. The minimum atomic E-state index is -0.840. The minimum Gasteiger partial charge on any atom is -0.481 e. The van der Waals surface area contributed by atoms with Crippen molar-refractivity contribution in [3.8, 4) is 0 Å². The first-order valence-electron chi connectivity index (χ1n) is 8.37. The predicted molar refractivity (Wildman–Crippen MR) is 101 cm³/mol. The fourth-order valence-corrected chi connectivity index (χ4v) is 3.32. The van der Waals surface area contributed by atoms with Crippen LogP contribution in [-0.2, 0) is 4.79 Å². The number of aliphatic carboxylic acids is 1. The van der Waals surface area contributed by atoms with Crippen LogP contribution in [0.1, 0.15) is 18.4 Å². The van der Waals surface area contributed by atoms with Crippen molar-refractivity contribution >= 4 is 40.6 Å². The summed E-state index contributed by atoms with van der Waals surface area (Å²) in [5.41, 5.74) is 1.23. The molecular weight excluding hydrogens is 374 g/mol. The molecule has 9 nitrogen and oxygen atoms in total. The van der Waals surface area contributed by atoms with Gasteiger partial charge >= 0.3 is 11.7 Å². The van der Waals surface area contributed by atoms with Gasteiger partial charge in [-0.15, -0.1) is 0 Å². The van der Waals surface area contributed by atoms with Gasteiger partial charge in [-0.25, -0.2) is 9.97 Å². The quantitative estimate of drug-likeness (QED) is 0.587. The number of piperidine rings is 1. The number of rotatable bonds is 5. The minimum absolute atomic E-state index is 0.0794. The highest BCUT2D eigenvalue weighted by Crippen LogP contribution is 2.36. The molecule has 0 atom stereocenters. The Kier molecular flexibility index (Phi) is 5.41. The molecule has 142 valence electrons. The van der Waals surface area contributed by atoms with Gasteiger partial charge in [0.05, 0.1) is 10.8 Å². The number of benzene rings is 1. The van der Waals surface area contributed by atoms with Gasteiger partial charge < -0.3 is 15.3 Å². The van der Waals surface area contributed by atoms with Crippen LogP contribution in [0.15, 0.2) is 24.5 Å². The Bertz CT molecular complexity index is 884.